The summed E-state index contributed by atoms with van der Waals surface area (Å²) in [7, 11) is 1.87. The van der Waals surface area contributed by atoms with Gasteiger partial charge < -0.3 is 5.73 Å². The Hall–Kier alpha value is -1.91. The molecule has 0 saturated carbocycles. The fourth-order valence-electron chi connectivity index (χ4n) is 2.13. The zero-order valence-corrected chi connectivity index (χ0v) is 11.4. The Kier molecular flexibility index (Phi) is 3.32. The van der Waals surface area contributed by atoms with Gasteiger partial charge in [-0.05, 0) is 25.8 Å². The van der Waals surface area contributed by atoms with E-state index in [1.165, 1.54) is 0 Å². The Balaban J connectivity index is 2.68. The van der Waals surface area contributed by atoms with Gasteiger partial charge in [-0.25, -0.2) is 0 Å². The molecule has 18 heavy (non-hydrogen) atoms. The van der Waals surface area contributed by atoms with E-state index in [2.05, 4.69) is 29.1 Å². The van der Waals surface area contributed by atoms with Crippen molar-refractivity contribution in [3.05, 3.63) is 23.0 Å². The fraction of sp³-hybridized carbons (Fsp3) is 0.462. The molecule has 0 aromatic carbocycles. The van der Waals surface area contributed by atoms with Crippen molar-refractivity contribution in [3.8, 4) is 11.3 Å². The normalized spacial score (nSPS) is 10.9. The van der Waals surface area contributed by atoms with Crippen molar-refractivity contribution in [2.75, 3.05) is 5.73 Å². The maximum absolute atomic E-state index is 6.05. The molecular weight excluding hydrogens is 226 g/mol. The first-order valence-corrected chi connectivity index (χ1v) is 6.23. The topological polar surface area (TPSA) is 69.6 Å². The van der Waals surface area contributed by atoms with Gasteiger partial charge >= 0.3 is 0 Å². The summed E-state index contributed by atoms with van der Waals surface area (Å²) in [5, 5.41) is 12.9. The molecular formula is C13H19N5. The van der Waals surface area contributed by atoms with Gasteiger partial charge in [-0.15, -0.1) is 0 Å². The number of anilines is 1. The lowest BCUT2D eigenvalue weighted by atomic mass is 10.0. The number of nitrogens with zero attached hydrogens (tertiary/aromatic N) is 4. The summed E-state index contributed by atoms with van der Waals surface area (Å²) >= 11 is 0. The monoisotopic (exact) mass is 245 g/mol. The Morgan fingerprint density at radius 1 is 1.22 bits per heavy atom. The first kappa shape index (κ1) is 12.5. The molecule has 0 spiro atoms. The maximum atomic E-state index is 6.05. The van der Waals surface area contributed by atoms with Gasteiger partial charge in [0.2, 0.25) is 0 Å². The number of hydrogen-bond donors (Lipinski definition) is 1. The zero-order chi connectivity index (χ0) is 13.3. The molecule has 2 N–H and O–H groups in total. The minimum atomic E-state index is 0.726. The molecule has 0 aliphatic heterocycles. The molecule has 0 bridgehead atoms. The van der Waals surface area contributed by atoms with E-state index in [9.17, 15) is 0 Å². The van der Waals surface area contributed by atoms with Crippen LogP contribution in [0, 0.1) is 6.92 Å². The largest absolute Gasteiger partial charge is 0.384 e. The minimum absolute atomic E-state index is 0.726. The summed E-state index contributed by atoms with van der Waals surface area (Å²) in [5.74, 6) is 0.726. The highest BCUT2D eigenvalue weighted by atomic mass is 15.3. The van der Waals surface area contributed by atoms with Crippen molar-refractivity contribution in [2.24, 2.45) is 7.05 Å². The molecule has 5 nitrogen and oxygen atoms in total. The van der Waals surface area contributed by atoms with Gasteiger partial charge in [0.25, 0.3) is 0 Å². The first-order chi connectivity index (χ1) is 8.58. The summed E-state index contributed by atoms with van der Waals surface area (Å²) in [4.78, 5) is 0. The van der Waals surface area contributed by atoms with E-state index in [1.54, 1.807) is 4.68 Å². The van der Waals surface area contributed by atoms with E-state index in [0.717, 1.165) is 46.9 Å². The van der Waals surface area contributed by atoms with Crippen LogP contribution in [0.1, 0.15) is 30.8 Å². The molecule has 96 valence electrons. The summed E-state index contributed by atoms with van der Waals surface area (Å²) in [5.41, 5.74) is 11.0. The third-order valence-electron chi connectivity index (χ3n) is 3.13. The van der Waals surface area contributed by atoms with E-state index in [1.807, 2.05) is 20.0 Å². The summed E-state index contributed by atoms with van der Waals surface area (Å²) in [6.45, 7) is 6.10. The van der Waals surface area contributed by atoms with E-state index >= 15 is 0 Å². The lowest BCUT2D eigenvalue weighted by molar-refractivity contribution is 0.780. The summed E-state index contributed by atoms with van der Waals surface area (Å²) in [6.07, 6.45) is 1.70. The Morgan fingerprint density at radius 2 is 1.94 bits per heavy atom. The molecule has 0 saturated heterocycles. The Morgan fingerprint density at radius 3 is 2.56 bits per heavy atom. The van der Waals surface area contributed by atoms with Crippen molar-refractivity contribution in [3.63, 3.8) is 0 Å². The van der Waals surface area contributed by atoms with Crippen LogP contribution in [-0.2, 0) is 19.9 Å². The minimum Gasteiger partial charge on any atom is -0.384 e. The number of rotatable bonds is 3. The number of hydrogen-bond acceptors (Lipinski definition) is 4. The van der Waals surface area contributed by atoms with Crippen LogP contribution in [0.4, 0.5) is 5.82 Å². The lowest BCUT2D eigenvalue weighted by Gasteiger charge is -2.06. The summed E-state index contributed by atoms with van der Waals surface area (Å²) in [6, 6.07) is 2.03. The molecule has 0 atom stereocenters. The van der Waals surface area contributed by atoms with Gasteiger partial charge in [0.05, 0.1) is 17.1 Å². The second kappa shape index (κ2) is 4.76. The van der Waals surface area contributed by atoms with Crippen LogP contribution in [0.15, 0.2) is 6.07 Å². The highest BCUT2D eigenvalue weighted by molar-refractivity contribution is 5.70. The van der Waals surface area contributed by atoms with Crippen LogP contribution in [-0.4, -0.2) is 20.0 Å². The molecule has 2 rings (SSSR count). The molecule has 2 aromatic heterocycles. The van der Waals surface area contributed by atoms with Crippen molar-refractivity contribution in [2.45, 2.75) is 33.6 Å². The summed E-state index contributed by atoms with van der Waals surface area (Å²) < 4.78 is 1.73. The van der Waals surface area contributed by atoms with E-state index in [-0.39, 0.29) is 0 Å². The van der Waals surface area contributed by atoms with Crippen LogP contribution in [0.2, 0.25) is 0 Å². The zero-order valence-electron chi connectivity index (χ0n) is 11.4. The molecule has 0 aliphatic rings. The van der Waals surface area contributed by atoms with E-state index in [4.69, 9.17) is 5.73 Å². The van der Waals surface area contributed by atoms with Crippen molar-refractivity contribution in [1.82, 2.24) is 20.0 Å². The molecule has 0 fully saturated rings. The van der Waals surface area contributed by atoms with E-state index in [0.29, 0.717) is 0 Å². The smallest absolute Gasteiger partial charge is 0.125 e. The SMILES string of the molecule is CCc1nnc(C)cc1-c1nn(C)c(N)c1CC. The molecule has 0 unspecified atom stereocenters. The van der Waals surface area contributed by atoms with Crippen molar-refractivity contribution in [1.29, 1.82) is 0 Å². The van der Waals surface area contributed by atoms with Crippen LogP contribution >= 0.6 is 0 Å². The number of nitrogen functional groups attached to an aromatic ring is 1. The van der Waals surface area contributed by atoms with Gasteiger partial charge in [-0.2, -0.15) is 15.3 Å². The van der Waals surface area contributed by atoms with Gasteiger partial charge in [0, 0.05) is 18.2 Å². The third-order valence-corrected chi connectivity index (χ3v) is 3.13. The quantitative estimate of drug-likeness (QED) is 0.896. The molecule has 0 aliphatic carbocycles. The molecule has 0 amide bonds. The second-order valence-corrected chi connectivity index (χ2v) is 4.39. The highest BCUT2D eigenvalue weighted by Crippen LogP contribution is 2.29. The highest BCUT2D eigenvalue weighted by Gasteiger charge is 2.17. The van der Waals surface area contributed by atoms with Crippen LogP contribution < -0.4 is 5.73 Å². The molecule has 5 heteroatoms. The predicted molar refractivity (Wildman–Crippen MR) is 72.1 cm³/mol. The average molecular weight is 245 g/mol. The molecule has 2 aromatic rings. The van der Waals surface area contributed by atoms with Crippen molar-refractivity contribution >= 4 is 5.82 Å². The van der Waals surface area contributed by atoms with Gasteiger partial charge in [0.15, 0.2) is 0 Å². The van der Waals surface area contributed by atoms with Crippen LogP contribution in [0.5, 0.6) is 0 Å². The number of aromatic nitrogens is 4. The maximum Gasteiger partial charge on any atom is 0.125 e. The van der Waals surface area contributed by atoms with E-state index < -0.39 is 0 Å². The Bertz CT molecular complexity index is 571. The van der Waals surface area contributed by atoms with Crippen LogP contribution in [0.25, 0.3) is 11.3 Å². The van der Waals surface area contributed by atoms with Gasteiger partial charge in [-0.1, -0.05) is 13.8 Å². The molecule has 2 heterocycles. The third kappa shape index (κ3) is 1.96. The Labute approximate surface area is 107 Å². The van der Waals surface area contributed by atoms with Crippen LogP contribution in [0.3, 0.4) is 0 Å². The van der Waals surface area contributed by atoms with Crippen molar-refractivity contribution < 1.29 is 0 Å². The second-order valence-electron chi connectivity index (χ2n) is 4.39. The number of nitrogens with two attached hydrogens (primary N) is 1. The molecule has 0 radical (unpaired) electrons. The number of aryl methyl sites for hydroxylation is 3. The standard InChI is InChI=1S/C13H19N5/c1-5-9-12(17-18(4)13(9)14)10-7-8(3)15-16-11(10)6-2/h7H,5-6,14H2,1-4H3. The fourth-order valence-corrected chi connectivity index (χ4v) is 2.13. The van der Waals surface area contributed by atoms with Gasteiger partial charge in [-0.3, -0.25) is 4.68 Å². The average Bonchev–Trinajstić information content (AvgIpc) is 2.65. The predicted octanol–water partition coefficient (Wildman–Crippen LogP) is 1.89. The lowest BCUT2D eigenvalue weighted by Crippen LogP contribution is -1.99. The van der Waals surface area contributed by atoms with Gasteiger partial charge in [0.1, 0.15) is 5.82 Å². The first-order valence-electron chi connectivity index (χ1n) is 6.23.